The lowest BCUT2D eigenvalue weighted by Crippen LogP contribution is -2.11. The molecule has 3 unspecified atom stereocenters. The van der Waals surface area contributed by atoms with Gasteiger partial charge in [-0.15, -0.1) is 0 Å². The fourth-order valence-corrected chi connectivity index (χ4v) is 5.83. The summed E-state index contributed by atoms with van der Waals surface area (Å²) < 4.78 is 2.36. The van der Waals surface area contributed by atoms with Crippen molar-refractivity contribution in [3.8, 4) is 5.69 Å². The topological polar surface area (TPSA) is 23.3 Å². The molecule has 4 heteroatoms. The zero-order chi connectivity index (χ0) is 24.3. The Labute approximate surface area is 215 Å². The third-order valence-corrected chi connectivity index (χ3v) is 7.55. The number of nitrogens with zero attached hydrogens (tertiary/aromatic N) is 4. The first-order valence-corrected chi connectivity index (χ1v) is 12.7. The number of fused-ring (bicyclic) bond motifs is 4. The zero-order valence-corrected chi connectivity index (χ0v) is 20.1. The quantitative estimate of drug-likeness (QED) is 0.246. The van der Waals surface area contributed by atoms with Crippen molar-refractivity contribution in [3.63, 3.8) is 0 Å². The molecule has 0 bridgehead atoms. The third-order valence-electron chi connectivity index (χ3n) is 7.55. The number of benzene rings is 5. The largest absolute Gasteiger partial charge is 0.309 e. The van der Waals surface area contributed by atoms with E-state index in [9.17, 15) is 0 Å². The molecule has 0 N–H and O–H groups in total. The first-order valence-electron chi connectivity index (χ1n) is 12.7. The summed E-state index contributed by atoms with van der Waals surface area (Å²) in [5.74, 6) is 1.02. The molecule has 1 fully saturated rings. The van der Waals surface area contributed by atoms with Crippen molar-refractivity contribution in [3.05, 3.63) is 150 Å². The van der Waals surface area contributed by atoms with Crippen LogP contribution in [0.4, 0.5) is 0 Å². The highest BCUT2D eigenvalue weighted by atomic mass is 15.9. The Kier molecular flexibility index (Phi) is 4.39. The van der Waals surface area contributed by atoms with Gasteiger partial charge in [0.2, 0.25) is 0 Å². The van der Waals surface area contributed by atoms with E-state index in [4.69, 9.17) is 4.99 Å². The van der Waals surface area contributed by atoms with Crippen LogP contribution in [0.15, 0.2) is 138 Å². The van der Waals surface area contributed by atoms with Gasteiger partial charge in [-0.2, -0.15) is 5.01 Å². The first-order chi connectivity index (χ1) is 18.4. The average molecular weight is 477 g/mol. The maximum atomic E-state index is 5.19. The molecule has 8 rings (SSSR count). The second kappa shape index (κ2) is 7.92. The maximum absolute atomic E-state index is 5.19. The van der Waals surface area contributed by atoms with Crippen LogP contribution in [0.5, 0.6) is 0 Å². The number of hydrogen-bond acceptors (Lipinski definition) is 3. The molecule has 0 spiro atoms. The molecule has 176 valence electrons. The van der Waals surface area contributed by atoms with Crippen molar-refractivity contribution in [1.29, 1.82) is 0 Å². The molecule has 0 amide bonds. The predicted molar refractivity (Wildman–Crippen MR) is 149 cm³/mol. The van der Waals surface area contributed by atoms with Gasteiger partial charge in [0, 0.05) is 22.0 Å². The monoisotopic (exact) mass is 476 g/mol. The number of amidine groups is 1. The Morgan fingerprint density at radius 1 is 0.514 bits per heavy atom. The summed E-state index contributed by atoms with van der Waals surface area (Å²) in [4.78, 5) is 5.19. The molecule has 2 aliphatic rings. The van der Waals surface area contributed by atoms with E-state index >= 15 is 0 Å². The highest BCUT2D eigenvalue weighted by Gasteiger charge is 2.57. The van der Waals surface area contributed by atoms with Crippen LogP contribution >= 0.6 is 0 Å². The zero-order valence-electron chi connectivity index (χ0n) is 20.1. The highest BCUT2D eigenvalue weighted by molar-refractivity contribution is 6.09. The van der Waals surface area contributed by atoms with Crippen molar-refractivity contribution in [2.75, 3.05) is 0 Å². The molecule has 3 atom stereocenters. The Morgan fingerprint density at radius 2 is 1.05 bits per heavy atom. The Bertz CT molecular complexity index is 1730. The van der Waals surface area contributed by atoms with Gasteiger partial charge in [-0.25, -0.2) is 4.99 Å². The van der Waals surface area contributed by atoms with Gasteiger partial charge in [0.25, 0.3) is 0 Å². The van der Waals surface area contributed by atoms with Crippen LogP contribution in [-0.2, 0) is 0 Å². The lowest BCUT2D eigenvalue weighted by Gasteiger charge is -2.12. The molecule has 2 aliphatic heterocycles. The van der Waals surface area contributed by atoms with E-state index in [0.29, 0.717) is 0 Å². The SMILES string of the molecule is c1ccc(C2N=C(c3ccc(-n4c5ccccc5c5ccccc54)cc3)N3C(c4ccccc4)N23)cc1. The molecular formula is C33H24N4. The number of aromatic nitrogens is 1. The third kappa shape index (κ3) is 3.09. The van der Waals surface area contributed by atoms with Crippen LogP contribution in [0.25, 0.3) is 27.5 Å². The van der Waals surface area contributed by atoms with Crippen molar-refractivity contribution in [2.24, 2.45) is 4.99 Å². The lowest BCUT2D eigenvalue weighted by molar-refractivity contribution is 0.341. The van der Waals surface area contributed by atoms with Crippen LogP contribution in [0.1, 0.15) is 29.0 Å². The summed E-state index contributed by atoms with van der Waals surface area (Å²) in [5, 5.41) is 7.26. The van der Waals surface area contributed by atoms with Gasteiger partial charge >= 0.3 is 0 Å². The number of hydrogen-bond donors (Lipinski definition) is 0. The second-order valence-corrected chi connectivity index (χ2v) is 9.66. The molecule has 5 aromatic carbocycles. The first kappa shape index (κ1) is 20.5. The Morgan fingerprint density at radius 3 is 1.68 bits per heavy atom. The fourth-order valence-electron chi connectivity index (χ4n) is 5.83. The number of aliphatic imine (C=N–C) groups is 1. The predicted octanol–water partition coefficient (Wildman–Crippen LogP) is 7.47. The van der Waals surface area contributed by atoms with Gasteiger partial charge < -0.3 is 4.57 Å². The standard InChI is InChI=1S/C33H24N4/c1-3-11-23(12-4-1)31-34-32(37-33(36(31)37)25-13-5-2-6-14-25)24-19-21-26(22-20-24)35-29-17-9-7-15-27(29)28-16-8-10-18-30(28)35/h1-22,31,33H. The van der Waals surface area contributed by atoms with Gasteiger partial charge in [-0.05, 0) is 47.5 Å². The van der Waals surface area contributed by atoms with E-state index in [1.807, 2.05) is 0 Å². The van der Waals surface area contributed by atoms with Gasteiger partial charge in [-0.1, -0.05) is 97.1 Å². The average Bonchev–Trinajstić information content (AvgIpc) is 3.43. The van der Waals surface area contributed by atoms with Crippen LogP contribution in [0.3, 0.4) is 0 Å². The Hall–Kier alpha value is -4.67. The molecule has 4 nitrogen and oxygen atoms in total. The number of para-hydroxylation sites is 2. The molecule has 3 heterocycles. The van der Waals surface area contributed by atoms with Crippen LogP contribution in [0, 0.1) is 0 Å². The summed E-state index contributed by atoms with van der Waals surface area (Å²) in [7, 11) is 0. The van der Waals surface area contributed by atoms with E-state index in [1.54, 1.807) is 0 Å². The van der Waals surface area contributed by atoms with Crippen LogP contribution < -0.4 is 0 Å². The minimum Gasteiger partial charge on any atom is -0.309 e. The molecule has 0 radical (unpaired) electrons. The van der Waals surface area contributed by atoms with Gasteiger partial charge in [0.1, 0.15) is 18.2 Å². The van der Waals surface area contributed by atoms with Gasteiger partial charge in [0.15, 0.2) is 0 Å². The fraction of sp³-hybridized carbons (Fsp3) is 0.0606. The molecular weight excluding hydrogens is 452 g/mol. The number of rotatable bonds is 4. The van der Waals surface area contributed by atoms with Crippen LogP contribution in [0.2, 0.25) is 0 Å². The summed E-state index contributed by atoms with van der Waals surface area (Å²) >= 11 is 0. The van der Waals surface area contributed by atoms with Crippen molar-refractivity contribution in [2.45, 2.75) is 12.3 Å². The lowest BCUT2D eigenvalue weighted by atomic mass is 10.1. The van der Waals surface area contributed by atoms with Crippen LogP contribution in [-0.4, -0.2) is 20.4 Å². The number of hydrazine groups is 1. The van der Waals surface area contributed by atoms with Crippen molar-refractivity contribution < 1.29 is 0 Å². The molecule has 37 heavy (non-hydrogen) atoms. The smallest absolute Gasteiger partial charge is 0.150 e. The van der Waals surface area contributed by atoms with E-state index in [-0.39, 0.29) is 12.3 Å². The summed E-state index contributed by atoms with van der Waals surface area (Å²) in [6, 6.07) is 47.4. The Balaban J connectivity index is 1.21. The molecule has 0 saturated carbocycles. The normalized spacial score (nSPS) is 20.3. The summed E-state index contributed by atoms with van der Waals surface area (Å²) in [5.41, 5.74) is 7.23. The van der Waals surface area contributed by atoms with Crippen molar-refractivity contribution >= 4 is 27.6 Å². The van der Waals surface area contributed by atoms with E-state index in [0.717, 1.165) is 17.1 Å². The van der Waals surface area contributed by atoms with Gasteiger partial charge in [0.05, 0.1) is 11.0 Å². The minimum absolute atomic E-state index is 0.0154. The molecule has 0 aliphatic carbocycles. The maximum Gasteiger partial charge on any atom is 0.150 e. The van der Waals surface area contributed by atoms with Gasteiger partial charge in [-0.3, -0.25) is 5.01 Å². The van der Waals surface area contributed by atoms with E-state index < -0.39 is 0 Å². The van der Waals surface area contributed by atoms with E-state index in [1.165, 1.54) is 32.9 Å². The minimum atomic E-state index is -0.0154. The van der Waals surface area contributed by atoms with Crippen molar-refractivity contribution in [1.82, 2.24) is 14.6 Å². The molecule has 1 aromatic heterocycles. The summed E-state index contributed by atoms with van der Waals surface area (Å²) in [6.45, 7) is 0. The molecule has 6 aromatic rings. The summed E-state index contributed by atoms with van der Waals surface area (Å²) in [6.07, 6.45) is 0.189. The highest BCUT2D eigenvalue weighted by Crippen LogP contribution is 2.53. The van der Waals surface area contributed by atoms with E-state index in [2.05, 4.69) is 148 Å². The molecule has 1 saturated heterocycles. The second-order valence-electron chi connectivity index (χ2n) is 9.66.